The van der Waals surface area contributed by atoms with Crippen molar-refractivity contribution in [3.8, 4) is 11.5 Å². The summed E-state index contributed by atoms with van der Waals surface area (Å²) in [5.41, 5.74) is -0.407. The maximum absolute atomic E-state index is 13.7. The first-order valence-corrected chi connectivity index (χ1v) is 7.26. The second-order valence-corrected chi connectivity index (χ2v) is 5.53. The monoisotopic (exact) mass is 311 g/mol. The summed E-state index contributed by atoms with van der Waals surface area (Å²) in [5, 5.41) is 13.1. The van der Waals surface area contributed by atoms with Crippen LogP contribution in [0.15, 0.2) is 23.2 Å². The number of phenols is 1. The molecule has 1 saturated heterocycles. The Morgan fingerprint density at radius 2 is 2.23 bits per heavy atom. The molecule has 1 aromatic rings. The average Bonchev–Trinajstić information content (AvgIpc) is 2.81. The lowest BCUT2D eigenvalue weighted by Gasteiger charge is -2.36. The van der Waals surface area contributed by atoms with Crippen LogP contribution >= 0.6 is 0 Å². The molecule has 120 valence electrons. The number of benzene rings is 1. The topological polar surface area (TPSA) is 57.1 Å². The van der Waals surface area contributed by atoms with E-state index in [0.717, 1.165) is 0 Å². The third-order valence-corrected chi connectivity index (χ3v) is 4.36. The number of halogens is 2. The first kappa shape index (κ1) is 15.2. The molecular weight excluding hydrogens is 292 g/mol. The zero-order valence-corrected chi connectivity index (χ0v) is 12.4. The Hall–Kier alpha value is -1.73. The van der Waals surface area contributed by atoms with Crippen LogP contribution in [0.1, 0.15) is 12.0 Å². The fourth-order valence-electron chi connectivity index (χ4n) is 3.18. The van der Waals surface area contributed by atoms with Crippen LogP contribution in [0.2, 0.25) is 0 Å². The summed E-state index contributed by atoms with van der Waals surface area (Å²) in [7, 11) is 1.50. The number of alkyl halides is 2. The second-order valence-electron chi connectivity index (χ2n) is 5.53. The number of ether oxygens (including phenoxy) is 1. The van der Waals surface area contributed by atoms with E-state index in [1.54, 1.807) is 17.0 Å². The lowest BCUT2D eigenvalue weighted by atomic mass is 9.97. The molecule has 2 N–H and O–H groups in total. The van der Waals surface area contributed by atoms with Crippen LogP contribution in [0.3, 0.4) is 0 Å². The Bertz CT molecular complexity index is 594. The van der Waals surface area contributed by atoms with Gasteiger partial charge in [0, 0.05) is 43.4 Å². The molecule has 3 rings (SSSR count). The van der Waals surface area contributed by atoms with Gasteiger partial charge < -0.3 is 9.84 Å². The lowest BCUT2D eigenvalue weighted by molar-refractivity contribution is -0.0375. The van der Waals surface area contributed by atoms with E-state index in [0.29, 0.717) is 43.2 Å². The number of aromatic hydroxyl groups is 1. The fraction of sp³-hybridized carbons (Fsp3) is 0.533. The lowest BCUT2D eigenvalue weighted by Crippen LogP contribution is -2.58. The third-order valence-electron chi connectivity index (χ3n) is 4.36. The predicted octanol–water partition coefficient (Wildman–Crippen LogP) is 1.46. The SMILES string of the molecule is COc1ccc(C2=NCCN3CCNC3(C(F)F)C2)c(O)c1. The minimum Gasteiger partial charge on any atom is -0.507 e. The van der Waals surface area contributed by atoms with E-state index < -0.39 is 12.1 Å². The van der Waals surface area contributed by atoms with Gasteiger partial charge in [-0.15, -0.1) is 0 Å². The van der Waals surface area contributed by atoms with Crippen molar-refractivity contribution in [2.75, 3.05) is 33.3 Å². The summed E-state index contributed by atoms with van der Waals surface area (Å²) in [6, 6.07) is 4.83. The molecule has 1 fully saturated rings. The van der Waals surface area contributed by atoms with Gasteiger partial charge in [-0.1, -0.05) is 0 Å². The maximum atomic E-state index is 13.7. The Morgan fingerprint density at radius 3 is 2.91 bits per heavy atom. The molecule has 0 aromatic heterocycles. The van der Waals surface area contributed by atoms with Gasteiger partial charge in [-0.05, 0) is 12.1 Å². The number of hydrogen-bond donors (Lipinski definition) is 2. The third kappa shape index (κ3) is 2.44. The van der Waals surface area contributed by atoms with E-state index in [2.05, 4.69) is 10.3 Å². The summed E-state index contributed by atoms with van der Waals surface area (Å²) >= 11 is 0. The summed E-state index contributed by atoms with van der Waals surface area (Å²) in [6.07, 6.45) is -2.47. The number of rotatable bonds is 3. The number of methoxy groups -OCH3 is 1. The van der Waals surface area contributed by atoms with Gasteiger partial charge in [0.25, 0.3) is 6.43 Å². The molecule has 0 amide bonds. The van der Waals surface area contributed by atoms with Crippen LogP contribution in [-0.4, -0.2) is 61.1 Å². The van der Waals surface area contributed by atoms with Gasteiger partial charge in [0.1, 0.15) is 17.2 Å². The van der Waals surface area contributed by atoms with E-state index in [9.17, 15) is 13.9 Å². The normalized spacial score (nSPS) is 25.7. The van der Waals surface area contributed by atoms with Crippen molar-refractivity contribution in [1.82, 2.24) is 10.2 Å². The molecule has 2 heterocycles. The Balaban J connectivity index is 1.96. The predicted molar refractivity (Wildman–Crippen MR) is 79.0 cm³/mol. The molecule has 7 heteroatoms. The highest BCUT2D eigenvalue weighted by atomic mass is 19.3. The zero-order chi connectivity index (χ0) is 15.7. The van der Waals surface area contributed by atoms with Gasteiger partial charge in [0.05, 0.1) is 13.7 Å². The van der Waals surface area contributed by atoms with Crippen LogP contribution in [0.4, 0.5) is 8.78 Å². The van der Waals surface area contributed by atoms with Crippen LogP contribution < -0.4 is 10.1 Å². The summed E-state index contributed by atoms with van der Waals surface area (Å²) in [4.78, 5) is 6.18. The zero-order valence-electron chi connectivity index (χ0n) is 12.4. The van der Waals surface area contributed by atoms with E-state index in [1.807, 2.05) is 0 Å². The van der Waals surface area contributed by atoms with Crippen molar-refractivity contribution >= 4 is 5.71 Å². The van der Waals surface area contributed by atoms with E-state index in [-0.39, 0.29) is 12.2 Å². The first-order chi connectivity index (χ1) is 10.6. The minimum absolute atomic E-state index is 0.00559. The number of hydrogen-bond acceptors (Lipinski definition) is 5. The quantitative estimate of drug-likeness (QED) is 0.887. The molecule has 1 unspecified atom stereocenters. The molecule has 2 aliphatic rings. The Kier molecular flexibility index (Phi) is 4.01. The molecule has 22 heavy (non-hydrogen) atoms. The molecule has 1 aromatic carbocycles. The minimum atomic E-state index is -2.53. The number of aliphatic imine (C=N–C) groups is 1. The number of nitrogens with one attached hydrogen (secondary N) is 1. The van der Waals surface area contributed by atoms with Gasteiger partial charge in [-0.2, -0.15) is 0 Å². The number of phenolic OH excluding ortho intramolecular Hbond substituents is 1. The Labute approximate surface area is 127 Å². The highest BCUT2D eigenvalue weighted by molar-refractivity contribution is 6.03. The average molecular weight is 311 g/mol. The van der Waals surface area contributed by atoms with E-state index in [4.69, 9.17) is 4.74 Å². The molecule has 5 nitrogen and oxygen atoms in total. The molecule has 0 bridgehead atoms. The van der Waals surface area contributed by atoms with Gasteiger partial charge in [0.15, 0.2) is 0 Å². The van der Waals surface area contributed by atoms with E-state index >= 15 is 0 Å². The largest absolute Gasteiger partial charge is 0.507 e. The highest BCUT2D eigenvalue weighted by Crippen LogP contribution is 2.34. The summed E-state index contributed by atoms with van der Waals surface area (Å²) in [6.45, 7) is 2.04. The number of nitrogens with zero attached hydrogens (tertiary/aromatic N) is 2. The standard InChI is InChI=1S/C15H19F2N3O2/c1-22-10-2-3-11(13(21)8-10)12-9-15(14(16)17)19-5-7-20(15)6-4-18-12/h2-3,8,14,19,21H,4-7,9H2,1H3. The fourth-order valence-corrected chi connectivity index (χ4v) is 3.18. The van der Waals surface area contributed by atoms with Crippen LogP contribution in [0.5, 0.6) is 11.5 Å². The molecule has 1 atom stereocenters. The molecule has 0 saturated carbocycles. The van der Waals surface area contributed by atoms with Gasteiger partial charge in [0.2, 0.25) is 0 Å². The smallest absolute Gasteiger partial charge is 0.270 e. The van der Waals surface area contributed by atoms with Gasteiger partial charge >= 0.3 is 0 Å². The van der Waals surface area contributed by atoms with Crippen molar-refractivity contribution < 1.29 is 18.6 Å². The van der Waals surface area contributed by atoms with Crippen molar-refractivity contribution in [3.63, 3.8) is 0 Å². The van der Waals surface area contributed by atoms with Crippen LogP contribution in [0, 0.1) is 0 Å². The number of fused-ring (bicyclic) bond motifs is 1. The maximum Gasteiger partial charge on any atom is 0.270 e. The Morgan fingerprint density at radius 1 is 1.41 bits per heavy atom. The van der Waals surface area contributed by atoms with Crippen molar-refractivity contribution in [2.45, 2.75) is 18.5 Å². The van der Waals surface area contributed by atoms with Crippen molar-refractivity contribution in [2.24, 2.45) is 4.99 Å². The van der Waals surface area contributed by atoms with Crippen molar-refractivity contribution in [3.05, 3.63) is 23.8 Å². The summed E-state index contributed by atoms with van der Waals surface area (Å²) < 4.78 is 32.5. The van der Waals surface area contributed by atoms with Crippen LogP contribution in [0.25, 0.3) is 0 Å². The molecule has 0 aliphatic carbocycles. The molecular formula is C15H19F2N3O2. The van der Waals surface area contributed by atoms with Gasteiger partial charge in [-0.3, -0.25) is 15.2 Å². The molecule has 0 radical (unpaired) electrons. The van der Waals surface area contributed by atoms with E-state index in [1.165, 1.54) is 13.2 Å². The first-order valence-electron chi connectivity index (χ1n) is 7.26. The summed E-state index contributed by atoms with van der Waals surface area (Å²) in [5.74, 6) is 0.508. The molecule has 2 aliphatic heterocycles. The van der Waals surface area contributed by atoms with Crippen molar-refractivity contribution in [1.29, 1.82) is 0 Å². The van der Waals surface area contributed by atoms with Gasteiger partial charge in [-0.25, -0.2) is 8.78 Å². The molecule has 0 spiro atoms. The highest BCUT2D eigenvalue weighted by Gasteiger charge is 2.50. The second kappa shape index (κ2) is 5.81. The van der Waals surface area contributed by atoms with Crippen LogP contribution in [-0.2, 0) is 0 Å².